The van der Waals surface area contributed by atoms with Crippen LogP contribution in [0.25, 0.3) is 10.8 Å². The molecule has 1 aliphatic heterocycles. The molecule has 0 saturated heterocycles. The standard InChI is InChI=1S/C24H17Cl2NO/c25-17-9-4-15(5-10-17)23-19-3-1-2-14-8-13-20(28)22(21(14)19)24(27-23)16-6-11-18(26)12-7-16/h1-13,23-24,27-28H/t23-,24-/m0/s1. The molecule has 2 atom stereocenters. The summed E-state index contributed by atoms with van der Waals surface area (Å²) in [6.45, 7) is 0. The van der Waals surface area contributed by atoms with Crippen molar-refractivity contribution in [3.05, 3.63) is 111 Å². The summed E-state index contributed by atoms with van der Waals surface area (Å²) >= 11 is 12.2. The third-order valence-corrected chi connectivity index (χ3v) is 5.94. The molecule has 4 heteroatoms. The Balaban J connectivity index is 1.78. The van der Waals surface area contributed by atoms with Gasteiger partial charge in [-0.2, -0.15) is 0 Å². The predicted molar refractivity (Wildman–Crippen MR) is 115 cm³/mol. The van der Waals surface area contributed by atoms with Crippen LogP contribution in [0.2, 0.25) is 10.0 Å². The summed E-state index contributed by atoms with van der Waals surface area (Å²) < 4.78 is 0. The predicted octanol–water partition coefficient (Wildman–Crippen LogP) is 6.63. The molecule has 0 saturated carbocycles. The lowest BCUT2D eigenvalue weighted by Gasteiger charge is -2.35. The molecule has 0 aromatic heterocycles. The third-order valence-electron chi connectivity index (χ3n) is 5.43. The van der Waals surface area contributed by atoms with Gasteiger partial charge in [-0.05, 0) is 57.8 Å². The zero-order chi connectivity index (χ0) is 19.3. The number of benzene rings is 4. The first-order valence-electron chi connectivity index (χ1n) is 9.13. The average molecular weight is 406 g/mol. The van der Waals surface area contributed by atoms with Crippen LogP contribution in [0.1, 0.15) is 34.3 Å². The molecule has 1 heterocycles. The minimum Gasteiger partial charge on any atom is -0.508 e. The summed E-state index contributed by atoms with van der Waals surface area (Å²) in [6, 6.07) is 25.5. The van der Waals surface area contributed by atoms with Gasteiger partial charge in [0.2, 0.25) is 0 Å². The van der Waals surface area contributed by atoms with Crippen molar-refractivity contribution in [3.8, 4) is 5.75 Å². The van der Waals surface area contributed by atoms with Crippen molar-refractivity contribution in [2.75, 3.05) is 0 Å². The van der Waals surface area contributed by atoms with E-state index in [0.29, 0.717) is 15.8 Å². The highest BCUT2D eigenvalue weighted by Crippen LogP contribution is 2.45. The van der Waals surface area contributed by atoms with E-state index in [9.17, 15) is 5.11 Å². The Morgan fingerprint density at radius 3 is 1.93 bits per heavy atom. The average Bonchev–Trinajstić information content (AvgIpc) is 2.72. The van der Waals surface area contributed by atoms with Gasteiger partial charge in [0, 0.05) is 15.6 Å². The smallest absolute Gasteiger partial charge is 0.121 e. The molecule has 28 heavy (non-hydrogen) atoms. The van der Waals surface area contributed by atoms with Crippen LogP contribution in [0.15, 0.2) is 78.9 Å². The van der Waals surface area contributed by atoms with E-state index < -0.39 is 0 Å². The maximum atomic E-state index is 10.8. The molecule has 2 nitrogen and oxygen atoms in total. The minimum atomic E-state index is -0.156. The molecule has 4 aromatic carbocycles. The minimum absolute atomic E-state index is 0.0176. The molecule has 4 aromatic rings. The molecule has 0 aliphatic carbocycles. The van der Waals surface area contributed by atoms with E-state index in [1.165, 1.54) is 0 Å². The molecule has 2 N–H and O–H groups in total. The summed E-state index contributed by atoms with van der Waals surface area (Å²) in [6.07, 6.45) is 0. The van der Waals surface area contributed by atoms with Crippen molar-refractivity contribution in [1.29, 1.82) is 0 Å². The lowest BCUT2D eigenvalue weighted by molar-refractivity contribution is 0.448. The number of hydrogen-bond acceptors (Lipinski definition) is 2. The molecule has 0 spiro atoms. The Morgan fingerprint density at radius 2 is 1.29 bits per heavy atom. The molecule has 0 amide bonds. The lowest BCUT2D eigenvalue weighted by Crippen LogP contribution is -2.32. The van der Waals surface area contributed by atoms with Gasteiger partial charge in [0.15, 0.2) is 0 Å². The molecule has 0 unspecified atom stereocenters. The zero-order valence-electron chi connectivity index (χ0n) is 14.9. The Bertz CT molecular complexity index is 1170. The molecule has 0 bridgehead atoms. The van der Waals surface area contributed by atoms with Gasteiger partial charge in [-0.3, -0.25) is 5.32 Å². The van der Waals surface area contributed by atoms with Gasteiger partial charge in [0.1, 0.15) is 5.75 Å². The summed E-state index contributed by atoms with van der Waals surface area (Å²) in [7, 11) is 0. The number of hydrogen-bond donors (Lipinski definition) is 2. The van der Waals surface area contributed by atoms with Gasteiger partial charge in [-0.25, -0.2) is 0 Å². The Morgan fingerprint density at radius 1 is 0.679 bits per heavy atom. The van der Waals surface area contributed by atoms with E-state index in [2.05, 4.69) is 23.5 Å². The van der Waals surface area contributed by atoms with Crippen LogP contribution in [-0.2, 0) is 0 Å². The maximum Gasteiger partial charge on any atom is 0.121 e. The molecule has 0 radical (unpaired) electrons. The lowest BCUT2D eigenvalue weighted by atomic mass is 9.82. The molecule has 5 rings (SSSR count). The molecular formula is C24H17Cl2NO. The van der Waals surface area contributed by atoms with Gasteiger partial charge >= 0.3 is 0 Å². The molecule has 0 fully saturated rings. The second kappa shape index (κ2) is 6.82. The number of phenolic OH excluding ortho intramolecular Hbond substituents is 1. The number of aromatic hydroxyl groups is 1. The van der Waals surface area contributed by atoms with Crippen LogP contribution in [0.3, 0.4) is 0 Å². The summed E-state index contributed by atoms with van der Waals surface area (Å²) in [4.78, 5) is 0. The van der Waals surface area contributed by atoms with E-state index in [0.717, 1.165) is 33.0 Å². The summed E-state index contributed by atoms with van der Waals surface area (Å²) in [5.74, 6) is 0.293. The quantitative estimate of drug-likeness (QED) is 0.391. The molecule has 138 valence electrons. The third kappa shape index (κ3) is 2.85. The molecular weight excluding hydrogens is 389 g/mol. The van der Waals surface area contributed by atoms with Crippen molar-refractivity contribution < 1.29 is 5.11 Å². The second-order valence-electron chi connectivity index (χ2n) is 7.08. The zero-order valence-corrected chi connectivity index (χ0v) is 16.4. The Hall–Kier alpha value is -2.52. The highest BCUT2D eigenvalue weighted by atomic mass is 35.5. The van der Waals surface area contributed by atoms with Crippen molar-refractivity contribution in [3.63, 3.8) is 0 Å². The first-order valence-corrected chi connectivity index (χ1v) is 9.89. The fourth-order valence-electron chi connectivity index (χ4n) is 4.15. The van der Waals surface area contributed by atoms with Gasteiger partial charge in [-0.1, -0.05) is 71.7 Å². The maximum absolute atomic E-state index is 10.8. The van der Waals surface area contributed by atoms with E-state index in [1.807, 2.05) is 54.6 Å². The molecule has 1 aliphatic rings. The number of rotatable bonds is 2. The van der Waals surface area contributed by atoms with Crippen molar-refractivity contribution in [1.82, 2.24) is 5.32 Å². The topological polar surface area (TPSA) is 32.3 Å². The second-order valence-corrected chi connectivity index (χ2v) is 7.95. The highest BCUT2D eigenvalue weighted by Gasteiger charge is 2.32. The van der Waals surface area contributed by atoms with Crippen LogP contribution in [-0.4, -0.2) is 5.11 Å². The Labute approximate surface area is 173 Å². The monoisotopic (exact) mass is 405 g/mol. The highest BCUT2D eigenvalue weighted by molar-refractivity contribution is 6.30. The SMILES string of the molecule is Oc1ccc2cccc3c2c1[C@H](c1ccc(Cl)cc1)N[C@H]3c1ccc(Cl)cc1. The van der Waals surface area contributed by atoms with E-state index in [4.69, 9.17) is 23.2 Å². The van der Waals surface area contributed by atoms with E-state index in [1.54, 1.807) is 6.07 Å². The number of nitrogens with one attached hydrogen (secondary N) is 1. The first kappa shape index (κ1) is 17.6. The van der Waals surface area contributed by atoms with Crippen LogP contribution >= 0.6 is 23.2 Å². The van der Waals surface area contributed by atoms with Gasteiger partial charge in [0.25, 0.3) is 0 Å². The van der Waals surface area contributed by atoms with Gasteiger partial charge in [0.05, 0.1) is 12.1 Å². The Kier molecular flexibility index (Phi) is 4.28. The largest absolute Gasteiger partial charge is 0.508 e. The van der Waals surface area contributed by atoms with Crippen LogP contribution in [0.5, 0.6) is 5.75 Å². The van der Waals surface area contributed by atoms with Crippen LogP contribution in [0.4, 0.5) is 0 Å². The van der Waals surface area contributed by atoms with Gasteiger partial charge in [-0.15, -0.1) is 0 Å². The van der Waals surface area contributed by atoms with Crippen LogP contribution < -0.4 is 5.32 Å². The van der Waals surface area contributed by atoms with Crippen molar-refractivity contribution in [2.45, 2.75) is 12.1 Å². The van der Waals surface area contributed by atoms with Crippen molar-refractivity contribution in [2.24, 2.45) is 0 Å². The fraction of sp³-hybridized carbons (Fsp3) is 0.0833. The van der Waals surface area contributed by atoms with Crippen LogP contribution in [0, 0.1) is 0 Å². The summed E-state index contributed by atoms with van der Waals surface area (Å²) in [5, 5.41) is 18.1. The van der Waals surface area contributed by atoms with E-state index in [-0.39, 0.29) is 12.1 Å². The fourth-order valence-corrected chi connectivity index (χ4v) is 4.40. The van der Waals surface area contributed by atoms with Crippen molar-refractivity contribution >= 4 is 34.0 Å². The van der Waals surface area contributed by atoms with Gasteiger partial charge < -0.3 is 5.11 Å². The van der Waals surface area contributed by atoms with E-state index >= 15 is 0 Å². The number of phenols is 1. The first-order chi connectivity index (χ1) is 13.6. The summed E-state index contributed by atoms with van der Waals surface area (Å²) in [5.41, 5.74) is 4.24. The normalized spacial score (nSPS) is 18.4. The number of halogens is 2.